The number of carbonyl (C=O) groups is 1. The molecule has 0 radical (unpaired) electrons. The number of hydrogen-bond acceptors (Lipinski definition) is 3. The Morgan fingerprint density at radius 3 is 2.55 bits per heavy atom. The summed E-state index contributed by atoms with van der Waals surface area (Å²) >= 11 is 0. The Balaban J connectivity index is 1.69. The van der Waals surface area contributed by atoms with Gasteiger partial charge in [-0.25, -0.2) is 4.79 Å². The molecule has 20 heavy (non-hydrogen) atoms. The van der Waals surface area contributed by atoms with Crippen LogP contribution in [0.25, 0.3) is 0 Å². The minimum atomic E-state index is -0.255. The van der Waals surface area contributed by atoms with E-state index in [0.29, 0.717) is 18.8 Å². The van der Waals surface area contributed by atoms with Gasteiger partial charge in [0.2, 0.25) is 0 Å². The molecule has 3 heteroatoms. The third kappa shape index (κ3) is 5.33. The Morgan fingerprint density at radius 1 is 1.20 bits per heavy atom. The zero-order valence-corrected chi connectivity index (χ0v) is 12.3. The van der Waals surface area contributed by atoms with Gasteiger partial charge in [0.1, 0.15) is 12.7 Å². The van der Waals surface area contributed by atoms with Gasteiger partial charge in [-0.15, -0.1) is 0 Å². The molecule has 0 aromatic heterocycles. The quantitative estimate of drug-likeness (QED) is 0.391. The molecule has 1 atom stereocenters. The average Bonchev–Trinajstić information content (AvgIpc) is 3.29. The first-order chi connectivity index (χ1) is 9.79. The van der Waals surface area contributed by atoms with Crippen molar-refractivity contribution in [2.24, 2.45) is 0 Å². The number of aryl methyl sites for hydroxylation is 1. The molecular formula is C17H24O3. The first-order valence-electron chi connectivity index (χ1n) is 7.67. The van der Waals surface area contributed by atoms with Crippen molar-refractivity contribution >= 4 is 5.97 Å². The molecule has 0 saturated carbocycles. The Morgan fingerprint density at radius 2 is 1.90 bits per heavy atom. The van der Waals surface area contributed by atoms with Gasteiger partial charge in [0.05, 0.1) is 12.2 Å². The van der Waals surface area contributed by atoms with E-state index < -0.39 is 0 Å². The number of benzene rings is 1. The maximum atomic E-state index is 11.7. The fourth-order valence-electron chi connectivity index (χ4n) is 2.16. The maximum Gasteiger partial charge on any atom is 0.338 e. The number of unbranched alkanes of at least 4 members (excludes halogenated alkanes) is 4. The second-order valence-electron chi connectivity index (χ2n) is 5.41. The predicted molar refractivity (Wildman–Crippen MR) is 78.9 cm³/mol. The minimum absolute atomic E-state index is 0.126. The lowest BCUT2D eigenvalue weighted by atomic mass is 10.0. The lowest BCUT2D eigenvalue weighted by Crippen LogP contribution is -2.09. The van der Waals surface area contributed by atoms with E-state index in [4.69, 9.17) is 9.47 Å². The number of ether oxygens (including phenoxy) is 2. The number of esters is 1. The van der Waals surface area contributed by atoms with E-state index in [0.717, 1.165) is 6.42 Å². The van der Waals surface area contributed by atoms with E-state index in [1.807, 2.05) is 24.3 Å². The number of carbonyl (C=O) groups excluding carboxylic acids is 1. The van der Waals surface area contributed by atoms with Crippen LogP contribution in [0.15, 0.2) is 24.3 Å². The van der Waals surface area contributed by atoms with E-state index in [1.165, 1.54) is 37.7 Å². The molecule has 1 aromatic rings. The lowest BCUT2D eigenvalue weighted by molar-refractivity contribution is 0.0476. The zero-order chi connectivity index (χ0) is 14.2. The zero-order valence-electron chi connectivity index (χ0n) is 12.3. The molecule has 1 heterocycles. The van der Waals surface area contributed by atoms with E-state index in [1.54, 1.807) is 0 Å². The maximum absolute atomic E-state index is 11.7. The molecule has 0 spiro atoms. The van der Waals surface area contributed by atoms with Crippen molar-refractivity contribution < 1.29 is 14.3 Å². The largest absolute Gasteiger partial charge is 0.459 e. The van der Waals surface area contributed by atoms with Crippen LogP contribution in [0.2, 0.25) is 0 Å². The summed E-state index contributed by atoms with van der Waals surface area (Å²) in [5.41, 5.74) is 1.92. The van der Waals surface area contributed by atoms with Gasteiger partial charge in [0, 0.05) is 0 Å². The van der Waals surface area contributed by atoms with Crippen LogP contribution in [-0.4, -0.2) is 25.3 Å². The second kappa shape index (κ2) is 8.05. The summed E-state index contributed by atoms with van der Waals surface area (Å²) in [4.78, 5) is 11.7. The van der Waals surface area contributed by atoms with E-state index >= 15 is 0 Å². The van der Waals surface area contributed by atoms with Gasteiger partial charge in [-0.2, -0.15) is 0 Å². The molecule has 3 nitrogen and oxygen atoms in total. The summed E-state index contributed by atoms with van der Waals surface area (Å²) in [6.07, 6.45) is 7.67. The molecule has 0 amide bonds. The molecule has 110 valence electrons. The first-order valence-corrected chi connectivity index (χ1v) is 7.67. The number of rotatable bonds is 9. The van der Waals surface area contributed by atoms with Crippen LogP contribution in [0.4, 0.5) is 0 Å². The highest BCUT2D eigenvalue weighted by Crippen LogP contribution is 2.13. The summed E-state index contributed by atoms with van der Waals surface area (Å²) in [5.74, 6) is -0.255. The van der Waals surface area contributed by atoms with E-state index in [9.17, 15) is 4.79 Å². The second-order valence-corrected chi connectivity index (χ2v) is 5.41. The molecule has 1 saturated heterocycles. The Kier molecular flexibility index (Phi) is 6.06. The van der Waals surface area contributed by atoms with Gasteiger partial charge in [0.15, 0.2) is 0 Å². The van der Waals surface area contributed by atoms with Gasteiger partial charge < -0.3 is 9.47 Å². The Labute approximate surface area is 121 Å². The van der Waals surface area contributed by atoms with Crippen LogP contribution in [-0.2, 0) is 15.9 Å². The van der Waals surface area contributed by atoms with Gasteiger partial charge in [0.25, 0.3) is 0 Å². The molecular weight excluding hydrogens is 252 g/mol. The van der Waals surface area contributed by atoms with Gasteiger partial charge in [-0.05, 0) is 30.5 Å². The van der Waals surface area contributed by atoms with Crippen molar-refractivity contribution in [2.75, 3.05) is 13.2 Å². The summed E-state index contributed by atoms with van der Waals surface area (Å²) in [5, 5.41) is 0. The van der Waals surface area contributed by atoms with E-state index in [2.05, 4.69) is 6.92 Å². The fraction of sp³-hybridized carbons (Fsp3) is 0.588. The van der Waals surface area contributed by atoms with Crippen LogP contribution in [0, 0.1) is 0 Å². The van der Waals surface area contributed by atoms with Crippen molar-refractivity contribution in [3.05, 3.63) is 35.4 Å². The fourth-order valence-corrected chi connectivity index (χ4v) is 2.16. The third-order valence-electron chi connectivity index (χ3n) is 3.56. The smallest absolute Gasteiger partial charge is 0.338 e. The highest BCUT2D eigenvalue weighted by molar-refractivity contribution is 5.89. The molecule has 1 aliphatic rings. The van der Waals surface area contributed by atoms with Gasteiger partial charge in [-0.3, -0.25) is 0 Å². The van der Waals surface area contributed by atoms with Crippen molar-refractivity contribution in [3.8, 4) is 0 Å². The van der Waals surface area contributed by atoms with Crippen LogP contribution in [0.5, 0.6) is 0 Å². The predicted octanol–water partition coefficient (Wildman–Crippen LogP) is 3.76. The van der Waals surface area contributed by atoms with Crippen LogP contribution >= 0.6 is 0 Å². The van der Waals surface area contributed by atoms with Crippen molar-refractivity contribution in [2.45, 2.75) is 51.6 Å². The van der Waals surface area contributed by atoms with Crippen molar-refractivity contribution in [1.29, 1.82) is 0 Å². The Hall–Kier alpha value is -1.35. The number of epoxide rings is 1. The topological polar surface area (TPSA) is 38.8 Å². The Bertz CT molecular complexity index is 407. The average molecular weight is 276 g/mol. The molecule has 1 fully saturated rings. The highest BCUT2D eigenvalue weighted by atomic mass is 16.6. The van der Waals surface area contributed by atoms with Crippen LogP contribution in [0.3, 0.4) is 0 Å². The van der Waals surface area contributed by atoms with E-state index in [-0.39, 0.29) is 12.1 Å². The SMILES string of the molecule is CCCCCCCc1ccc(C(=O)OCC2CO2)cc1. The van der Waals surface area contributed by atoms with Gasteiger partial charge >= 0.3 is 5.97 Å². The summed E-state index contributed by atoms with van der Waals surface area (Å²) < 4.78 is 10.2. The summed E-state index contributed by atoms with van der Waals surface area (Å²) in [6, 6.07) is 7.78. The van der Waals surface area contributed by atoms with Gasteiger partial charge in [-0.1, -0.05) is 44.7 Å². The monoisotopic (exact) mass is 276 g/mol. The minimum Gasteiger partial charge on any atom is -0.459 e. The van der Waals surface area contributed by atoms with Crippen molar-refractivity contribution in [3.63, 3.8) is 0 Å². The molecule has 1 aromatic carbocycles. The normalized spacial score (nSPS) is 16.9. The lowest BCUT2D eigenvalue weighted by Gasteiger charge is -2.05. The summed E-state index contributed by atoms with van der Waals surface area (Å²) in [6.45, 7) is 3.31. The van der Waals surface area contributed by atoms with Crippen molar-refractivity contribution in [1.82, 2.24) is 0 Å². The third-order valence-corrected chi connectivity index (χ3v) is 3.56. The highest BCUT2D eigenvalue weighted by Gasteiger charge is 2.24. The number of hydrogen-bond donors (Lipinski definition) is 0. The molecule has 1 unspecified atom stereocenters. The standard InChI is InChI=1S/C17H24O3/c1-2-3-4-5-6-7-14-8-10-15(11-9-14)17(18)20-13-16-12-19-16/h8-11,16H,2-7,12-13H2,1H3. The molecule has 1 aliphatic heterocycles. The molecule has 0 bridgehead atoms. The summed E-state index contributed by atoms with van der Waals surface area (Å²) in [7, 11) is 0. The molecule has 0 N–H and O–H groups in total. The van der Waals surface area contributed by atoms with Crippen LogP contribution in [0.1, 0.15) is 54.9 Å². The molecule has 0 aliphatic carbocycles. The molecule has 2 rings (SSSR count). The van der Waals surface area contributed by atoms with Crippen LogP contribution < -0.4 is 0 Å². The first kappa shape index (κ1) is 15.0.